The van der Waals surface area contributed by atoms with Crippen LogP contribution in [0.3, 0.4) is 0 Å². The van der Waals surface area contributed by atoms with Gasteiger partial charge < -0.3 is 0 Å². The number of hydrogen-bond acceptors (Lipinski definition) is 2. The van der Waals surface area contributed by atoms with E-state index in [0.29, 0.717) is 0 Å². The Balaban J connectivity index is 2.56. The van der Waals surface area contributed by atoms with Crippen LogP contribution >= 0.6 is 11.9 Å². The molecule has 14 heavy (non-hydrogen) atoms. The maximum Gasteiger partial charge on any atom is 0.0228 e. The molecule has 1 N–H and O–H groups in total. The molecule has 0 heterocycles. The van der Waals surface area contributed by atoms with Crippen LogP contribution in [0.25, 0.3) is 6.08 Å². The van der Waals surface area contributed by atoms with Crippen molar-refractivity contribution in [3.05, 3.63) is 36.4 Å². The highest BCUT2D eigenvalue weighted by Gasteiger charge is 2.08. The molecule has 0 saturated carbocycles. The van der Waals surface area contributed by atoms with Crippen molar-refractivity contribution >= 4 is 18.0 Å². The van der Waals surface area contributed by atoms with Crippen LogP contribution in [0.1, 0.15) is 26.3 Å². The van der Waals surface area contributed by atoms with Crippen molar-refractivity contribution in [3.8, 4) is 0 Å². The molecule has 0 atom stereocenters. The van der Waals surface area contributed by atoms with E-state index in [9.17, 15) is 0 Å². The van der Waals surface area contributed by atoms with E-state index in [-0.39, 0.29) is 5.54 Å². The van der Waals surface area contributed by atoms with Crippen molar-refractivity contribution in [1.82, 2.24) is 4.72 Å². The first-order valence-electron chi connectivity index (χ1n) is 4.68. The lowest BCUT2D eigenvalue weighted by molar-refractivity contribution is 0.535. The lowest BCUT2D eigenvalue weighted by Gasteiger charge is -2.19. The maximum atomic E-state index is 3.72. The predicted octanol–water partition coefficient (Wildman–Crippen LogP) is 3.72. The molecule has 0 fully saturated rings. The van der Waals surface area contributed by atoms with E-state index in [0.717, 1.165) is 5.56 Å². The molecule has 1 rings (SSSR count). The minimum Gasteiger partial charge on any atom is -0.255 e. The quantitative estimate of drug-likeness (QED) is 0.758. The maximum absolute atomic E-state index is 3.72. The van der Waals surface area contributed by atoms with Gasteiger partial charge in [0, 0.05) is 10.4 Å². The van der Waals surface area contributed by atoms with Crippen LogP contribution in [-0.2, 0) is 0 Å². The topological polar surface area (TPSA) is 12.0 Å². The summed E-state index contributed by atoms with van der Waals surface area (Å²) in [4.78, 5) is 1.23. The number of hydrogen-bond donors (Lipinski definition) is 1. The smallest absolute Gasteiger partial charge is 0.0228 e. The van der Waals surface area contributed by atoms with Crippen molar-refractivity contribution in [3.63, 3.8) is 0 Å². The molecule has 0 bridgehead atoms. The van der Waals surface area contributed by atoms with Crippen LogP contribution in [0.5, 0.6) is 0 Å². The van der Waals surface area contributed by atoms with Gasteiger partial charge in [0.05, 0.1) is 0 Å². The minimum atomic E-state index is 0.141. The molecule has 0 unspecified atom stereocenters. The van der Waals surface area contributed by atoms with Crippen LogP contribution in [-0.4, -0.2) is 5.54 Å². The van der Waals surface area contributed by atoms with Gasteiger partial charge in [0.15, 0.2) is 0 Å². The molecular weight excluding hydrogens is 190 g/mol. The summed E-state index contributed by atoms with van der Waals surface area (Å²) < 4.78 is 3.37. The Bertz CT molecular complexity index is 295. The molecular formula is C12H17NS. The van der Waals surface area contributed by atoms with Gasteiger partial charge in [0.2, 0.25) is 0 Å². The number of rotatable bonds is 3. The first kappa shape index (κ1) is 11.3. The van der Waals surface area contributed by atoms with Crippen LogP contribution in [0.15, 0.2) is 35.7 Å². The summed E-state index contributed by atoms with van der Waals surface area (Å²) in [7, 11) is 0. The van der Waals surface area contributed by atoms with E-state index in [2.05, 4.69) is 56.3 Å². The highest BCUT2D eigenvalue weighted by Crippen LogP contribution is 2.18. The molecule has 1 aromatic rings. The standard InChI is InChI=1S/C12H17NS/c1-5-10-6-8-11(9-7-10)14-13-12(2,3)4/h5-9,13H,1H2,2-4H3. The van der Waals surface area contributed by atoms with Crippen molar-refractivity contribution in [2.24, 2.45) is 0 Å². The lowest BCUT2D eigenvalue weighted by atomic mass is 10.1. The van der Waals surface area contributed by atoms with Gasteiger partial charge in [0.25, 0.3) is 0 Å². The lowest BCUT2D eigenvalue weighted by Crippen LogP contribution is -2.29. The SMILES string of the molecule is C=Cc1ccc(SNC(C)(C)C)cc1. The summed E-state index contributed by atoms with van der Waals surface area (Å²) in [6.07, 6.45) is 1.85. The van der Waals surface area contributed by atoms with E-state index >= 15 is 0 Å². The third-order valence-corrected chi connectivity index (χ3v) is 2.81. The largest absolute Gasteiger partial charge is 0.255 e. The van der Waals surface area contributed by atoms with E-state index in [4.69, 9.17) is 0 Å². The number of benzene rings is 1. The first-order chi connectivity index (χ1) is 6.51. The zero-order valence-corrected chi connectivity index (χ0v) is 9.82. The highest BCUT2D eigenvalue weighted by atomic mass is 32.2. The zero-order valence-electron chi connectivity index (χ0n) is 9.00. The second-order valence-electron chi connectivity index (χ2n) is 4.23. The van der Waals surface area contributed by atoms with Crippen LogP contribution in [0, 0.1) is 0 Å². The van der Waals surface area contributed by atoms with Gasteiger partial charge in [-0.25, -0.2) is 0 Å². The third kappa shape index (κ3) is 3.99. The molecule has 0 amide bonds. The van der Waals surface area contributed by atoms with Gasteiger partial charge in [-0.3, -0.25) is 4.72 Å². The summed E-state index contributed by atoms with van der Waals surface area (Å²) in [5, 5.41) is 0. The van der Waals surface area contributed by atoms with E-state index in [1.54, 1.807) is 11.9 Å². The fraction of sp³-hybridized carbons (Fsp3) is 0.333. The molecule has 1 nitrogen and oxygen atoms in total. The van der Waals surface area contributed by atoms with Crippen molar-refractivity contribution < 1.29 is 0 Å². The Morgan fingerprint density at radius 1 is 1.21 bits per heavy atom. The van der Waals surface area contributed by atoms with Crippen molar-refractivity contribution in [2.75, 3.05) is 0 Å². The summed E-state index contributed by atoms with van der Waals surface area (Å²) in [6, 6.07) is 8.33. The Labute approximate surface area is 90.7 Å². The van der Waals surface area contributed by atoms with E-state index in [1.165, 1.54) is 4.90 Å². The van der Waals surface area contributed by atoms with Gasteiger partial charge in [-0.05, 0) is 50.4 Å². The molecule has 0 aromatic heterocycles. The third-order valence-electron chi connectivity index (χ3n) is 1.59. The molecule has 0 aliphatic rings. The second kappa shape index (κ2) is 4.67. The van der Waals surface area contributed by atoms with E-state index in [1.807, 2.05) is 6.08 Å². The van der Waals surface area contributed by atoms with Crippen molar-refractivity contribution in [2.45, 2.75) is 31.2 Å². The molecule has 76 valence electrons. The molecule has 1 aromatic carbocycles. The van der Waals surface area contributed by atoms with Crippen LogP contribution in [0.4, 0.5) is 0 Å². The van der Waals surface area contributed by atoms with Crippen molar-refractivity contribution in [1.29, 1.82) is 0 Å². The van der Waals surface area contributed by atoms with Gasteiger partial charge >= 0.3 is 0 Å². The Kier molecular flexibility index (Phi) is 3.78. The van der Waals surface area contributed by atoms with Gasteiger partial charge in [-0.15, -0.1) is 0 Å². The molecule has 0 aliphatic heterocycles. The Hall–Kier alpha value is -0.730. The molecule has 0 radical (unpaired) electrons. The summed E-state index contributed by atoms with van der Waals surface area (Å²) in [6.45, 7) is 10.2. The fourth-order valence-electron chi connectivity index (χ4n) is 0.884. The second-order valence-corrected chi connectivity index (χ2v) is 5.11. The summed E-state index contributed by atoms with van der Waals surface area (Å²) >= 11 is 1.66. The minimum absolute atomic E-state index is 0.141. The first-order valence-corrected chi connectivity index (χ1v) is 5.49. The van der Waals surface area contributed by atoms with Crippen LogP contribution in [0.2, 0.25) is 0 Å². The predicted molar refractivity (Wildman–Crippen MR) is 65.3 cm³/mol. The monoisotopic (exact) mass is 207 g/mol. The zero-order chi connectivity index (χ0) is 10.6. The highest BCUT2D eigenvalue weighted by molar-refractivity contribution is 7.97. The molecule has 0 aliphatic carbocycles. The molecule has 2 heteroatoms. The average Bonchev–Trinajstić information content (AvgIpc) is 2.14. The summed E-state index contributed by atoms with van der Waals surface area (Å²) in [5.41, 5.74) is 1.30. The van der Waals surface area contributed by atoms with Gasteiger partial charge in [0.1, 0.15) is 0 Å². The van der Waals surface area contributed by atoms with Gasteiger partial charge in [-0.2, -0.15) is 0 Å². The molecule has 0 saturated heterocycles. The average molecular weight is 207 g/mol. The number of nitrogens with one attached hydrogen (secondary N) is 1. The Morgan fingerprint density at radius 2 is 1.79 bits per heavy atom. The van der Waals surface area contributed by atoms with E-state index < -0.39 is 0 Å². The van der Waals surface area contributed by atoms with Crippen LogP contribution < -0.4 is 4.72 Å². The van der Waals surface area contributed by atoms with Gasteiger partial charge in [-0.1, -0.05) is 24.8 Å². The summed E-state index contributed by atoms with van der Waals surface area (Å²) in [5.74, 6) is 0. The Morgan fingerprint density at radius 3 is 2.21 bits per heavy atom. The molecule has 0 spiro atoms. The normalized spacial score (nSPS) is 11.4. The fourth-order valence-corrected chi connectivity index (χ4v) is 1.58.